The molecular weight excluding hydrogens is 62.8 g/mol. The van der Waals surface area contributed by atoms with Gasteiger partial charge in [0, 0.05) is 14.5 Å². The first-order valence-corrected chi connectivity index (χ1v) is 1.41. The molecule has 1 nitrogen and oxygen atoms in total. The van der Waals surface area contributed by atoms with Gasteiger partial charge in [0.15, 0.2) is 0 Å². The van der Waals surface area contributed by atoms with Crippen LogP contribution in [-0.2, 0) is 0 Å². The van der Waals surface area contributed by atoms with Crippen molar-refractivity contribution in [1.29, 1.82) is 0 Å². The second-order valence-corrected chi connectivity index (χ2v) is 1.09. The number of hydrogen-bond donors (Lipinski definition) is 1. The largest absolute Gasteiger partial charge is 0.394 e. The quantitative estimate of drug-likeness (QED) is 0.398. The molecule has 0 aromatic heterocycles. The molecule has 0 heterocycles. The summed E-state index contributed by atoms with van der Waals surface area (Å²) in [4.78, 5) is 0. The summed E-state index contributed by atoms with van der Waals surface area (Å²) < 4.78 is 0. The Hall–Kier alpha value is 0.0249. The molecule has 3 radical (unpaired) electrons. The van der Waals surface area contributed by atoms with E-state index in [-0.39, 0.29) is 14.5 Å². The van der Waals surface area contributed by atoms with Crippen molar-refractivity contribution in [2.75, 3.05) is 0 Å². The molecule has 5 heavy (non-hydrogen) atoms. The van der Waals surface area contributed by atoms with Crippen molar-refractivity contribution in [1.82, 2.24) is 0 Å². The average Bonchev–Trinajstić information content (AvgIpc) is 0.811. The van der Waals surface area contributed by atoms with Crippen LogP contribution >= 0.6 is 0 Å². The molecule has 0 amide bonds. The summed E-state index contributed by atoms with van der Waals surface area (Å²) in [5.74, 6) is 0. The zero-order chi connectivity index (χ0) is 3.58. The zero-order valence-electron chi connectivity index (χ0n) is 3.60. The molecule has 2 heteroatoms. The highest BCUT2D eigenvalue weighted by atomic mass is 16.3. The van der Waals surface area contributed by atoms with Crippen molar-refractivity contribution in [3.63, 3.8) is 0 Å². The summed E-state index contributed by atoms with van der Waals surface area (Å²) >= 11 is 0. The highest BCUT2D eigenvalue weighted by Crippen LogP contribution is 1.65. The maximum absolute atomic E-state index is 8.06. The minimum atomic E-state index is -0.167. The SMILES string of the molecule is CC(C)O.[B]. The minimum Gasteiger partial charge on any atom is -0.394 e. The van der Waals surface area contributed by atoms with E-state index < -0.39 is 0 Å². The third-order valence-electron chi connectivity index (χ3n) is 0. The van der Waals surface area contributed by atoms with Crippen molar-refractivity contribution in [2.45, 2.75) is 20.0 Å². The first-order valence-electron chi connectivity index (χ1n) is 1.41. The number of rotatable bonds is 0. The standard InChI is InChI=1S/C3H8O.B/c1-3(2)4;/h3-4H,1-2H3;. The first-order chi connectivity index (χ1) is 1.73. The maximum Gasteiger partial charge on any atom is 0.0483 e. The van der Waals surface area contributed by atoms with Gasteiger partial charge in [-0.1, -0.05) is 0 Å². The van der Waals surface area contributed by atoms with Gasteiger partial charge in [0.2, 0.25) is 0 Å². The lowest BCUT2D eigenvalue weighted by Crippen LogP contribution is -1.85. The van der Waals surface area contributed by atoms with Gasteiger partial charge in [0.05, 0.1) is 0 Å². The molecule has 0 aliphatic rings. The van der Waals surface area contributed by atoms with Gasteiger partial charge in [-0.15, -0.1) is 0 Å². The third kappa shape index (κ3) is 26500. The van der Waals surface area contributed by atoms with Gasteiger partial charge in [-0.05, 0) is 13.8 Å². The minimum absolute atomic E-state index is 0. The molecule has 0 saturated heterocycles. The summed E-state index contributed by atoms with van der Waals surface area (Å²) in [5.41, 5.74) is 0. The van der Waals surface area contributed by atoms with Crippen LogP contribution in [0.5, 0.6) is 0 Å². The Morgan fingerprint density at radius 2 is 1.40 bits per heavy atom. The lowest BCUT2D eigenvalue weighted by Gasteiger charge is -1.80. The number of hydrogen-bond acceptors (Lipinski definition) is 1. The van der Waals surface area contributed by atoms with Crippen LogP contribution in [0.25, 0.3) is 0 Å². The smallest absolute Gasteiger partial charge is 0.0483 e. The zero-order valence-corrected chi connectivity index (χ0v) is 3.60. The molecule has 0 aromatic carbocycles. The Kier molecular flexibility index (Phi) is 7.16. The number of aliphatic hydroxyl groups is 1. The fraction of sp³-hybridized carbons (Fsp3) is 1.00. The summed E-state index contributed by atoms with van der Waals surface area (Å²) in [5, 5.41) is 8.06. The highest BCUT2D eigenvalue weighted by Gasteiger charge is 1.69. The van der Waals surface area contributed by atoms with Crippen molar-refractivity contribution in [3.05, 3.63) is 0 Å². The monoisotopic (exact) mass is 71.1 g/mol. The van der Waals surface area contributed by atoms with Crippen molar-refractivity contribution in [2.24, 2.45) is 0 Å². The first kappa shape index (κ1) is 8.90. The molecule has 0 aliphatic heterocycles. The molecule has 0 spiro atoms. The van der Waals surface area contributed by atoms with Crippen LogP contribution in [0.2, 0.25) is 0 Å². The lowest BCUT2D eigenvalue weighted by molar-refractivity contribution is 0.216. The molecule has 0 fully saturated rings. The lowest BCUT2D eigenvalue weighted by atomic mass is 10.5. The van der Waals surface area contributed by atoms with Gasteiger partial charge in [0.25, 0.3) is 0 Å². The summed E-state index contributed by atoms with van der Waals surface area (Å²) in [7, 11) is 0. The fourth-order valence-corrected chi connectivity index (χ4v) is 0. The molecule has 1 N–H and O–H groups in total. The Labute approximate surface area is 34.6 Å². The van der Waals surface area contributed by atoms with E-state index in [9.17, 15) is 0 Å². The molecule has 0 aliphatic carbocycles. The molecule has 0 unspecified atom stereocenters. The van der Waals surface area contributed by atoms with Crippen LogP contribution in [-0.4, -0.2) is 19.6 Å². The van der Waals surface area contributed by atoms with Crippen LogP contribution in [0.15, 0.2) is 0 Å². The van der Waals surface area contributed by atoms with E-state index in [4.69, 9.17) is 5.11 Å². The molecule has 0 rings (SSSR count). The summed E-state index contributed by atoms with van der Waals surface area (Å²) in [6.07, 6.45) is -0.167. The van der Waals surface area contributed by atoms with E-state index in [1.165, 1.54) is 0 Å². The van der Waals surface area contributed by atoms with Crippen molar-refractivity contribution < 1.29 is 5.11 Å². The molecule has 0 saturated carbocycles. The Morgan fingerprint density at radius 1 is 1.40 bits per heavy atom. The Morgan fingerprint density at radius 3 is 1.40 bits per heavy atom. The van der Waals surface area contributed by atoms with Gasteiger partial charge < -0.3 is 5.11 Å². The highest BCUT2D eigenvalue weighted by molar-refractivity contribution is 5.75. The van der Waals surface area contributed by atoms with E-state index in [1.807, 2.05) is 0 Å². The third-order valence-corrected chi connectivity index (χ3v) is 0. The summed E-state index contributed by atoms with van der Waals surface area (Å²) in [6, 6.07) is 0. The summed E-state index contributed by atoms with van der Waals surface area (Å²) in [6.45, 7) is 3.44. The van der Waals surface area contributed by atoms with E-state index in [2.05, 4.69) is 0 Å². The van der Waals surface area contributed by atoms with Gasteiger partial charge in [-0.2, -0.15) is 0 Å². The maximum atomic E-state index is 8.06. The van der Waals surface area contributed by atoms with Gasteiger partial charge in [-0.3, -0.25) is 0 Å². The molecule has 29 valence electrons. The second kappa shape index (κ2) is 4.02. The van der Waals surface area contributed by atoms with Crippen LogP contribution in [0.3, 0.4) is 0 Å². The van der Waals surface area contributed by atoms with Crippen molar-refractivity contribution >= 4 is 8.41 Å². The fourth-order valence-electron chi connectivity index (χ4n) is 0. The molecule has 0 atom stereocenters. The van der Waals surface area contributed by atoms with E-state index in [0.29, 0.717) is 0 Å². The van der Waals surface area contributed by atoms with Crippen LogP contribution in [0.1, 0.15) is 13.8 Å². The molecule has 0 aromatic rings. The van der Waals surface area contributed by atoms with Crippen LogP contribution < -0.4 is 0 Å². The predicted molar refractivity (Wildman–Crippen MR) is 23.1 cm³/mol. The normalized spacial score (nSPS) is 7.20. The Balaban J connectivity index is 0. The predicted octanol–water partition coefficient (Wildman–Crippen LogP) is 0.00630. The molecular formula is C3H8BO. The topological polar surface area (TPSA) is 20.2 Å². The van der Waals surface area contributed by atoms with E-state index in [1.54, 1.807) is 13.8 Å². The van der Waals surface area contributed by atoms with Crippen LogP contribution in [0, 0.1) is 0 Å². The Bertz CT molecular complexity index is 11.6. The van der Waals surface area contributed by atoms with Crippen molar-refractivity contribution in [3.8, 4) is 0 Å². The average molecular weight is 70.9 g/mol. The van der Waals surface area contributed by atoms with Gasteiger partial charge >= 0.3 is 0 Å². The van der Waals surface area contributed by atoms with Crippen LogP contribution in [0.4, 0.5) is 0 Å². The van der Waals surface area contributed by atoms with E-state index >= 15 is 0 Å². The van der Waals surface area contributed by atoms with E-state index in [0.717, 1.165) is 0 Å². The number of aliphatic hydroxyl groups excluding tert-OH is 1. The molecule has 0 bridgehead atoms. The van der Waals surface area contributed by atoms with Gasteiger partial charge in [0.1, 0.15) is 0 Å². The van der Waals surface area contributed by atoms with Gasteiger partial charge in [-0.25, -0.2) is 0 Å². The second-order valence-electron chi connectivity index (χ2n) is 1.09.